The standard InChI is InChI=1S/C24H27N3O3/c1-27(16-19-9-6-12-30-19)15-18-8-3-2-7-17(18)14-25-24(29)21-13-23(28)26-22-11-5-4-10-20(21)22/h2-3,6-9,12-13H,4-5,10-11,14-16H2,1H3,(H,25,29)(H,26,28). The summed E-state index contributed by atoms with van der Waals surface area (Å²) in [4.78, 5) is 30.0. The van der Waals surface area contributed by atoms with Crippen LogP contribution in [-0.2, 0) is 32.5 Å². The second kappa shape index (κ2) is 9.13. The lowest BCUT2D eigenvalue weighted by molar-refractivity contribution is 0.0949. The number of aryl methyl sites for hydroxylation is 1. The van der Waals surface area contributed by atoms with E-state index in [1.54, 1.807) is 6.26 Å². The van der Waals surface area contributed by atoms with Crippen LogP contribution in [0.2, 0.25) is 0 Å². The van der Waals surface area contributed by atoms with Gasteiger partial charge in [0.15, 0.2) is 0 Å². The van der Waals surface area contributed by atoms with Crippen molar-refractivity contribution in [2.45, 2.75) is 45.3 Å². The van der Waals surface area contributed by atoms with Crippen LogP contribution in [0.5, 0.6) is 0 Å². The number of fused-ring (bicyclic) bond motifs is 1. The fourth-order valence-corrected chi connectivity index (χ4v) is 4.12. The molecule has 0 saturated heterocycles. The van der Waals surface area contributed by atoms with Crippen LogP contribution in [0.3, 0.4) is 0 Å². The number of amides is 1. The van der Waals surface area contributed by atoms with Crippen molar-refractivity contribution in [1.82, 2.24) is 15.2 Å². The van der Waals surface area contributed by atoms with Crippen LogP contribution >= 0.6 is 0 Å². The van der Waals surface area contributed by atoms with Gasteiger partial charge in [-0.1, -0.05) is 24.3 Å². The molecule has 156 valence electrons. The van der Waals surface area contributed by atoms with E-state index in [1.165, 1.54) is 6.07 Å². The Balaban J connectivity index is 1.45. The third-order valence-electron chi connectivity index (χ3n) is 5.59. The van der Waals surface area contributed by atoms with Gasteiger partial charge in [-0.3, -0.25) is 14.5 Å². The number of hydrogen-bond acceptors (Lipinski definition) is 4. The van der Waals surface area contributed by atoms with Gasteiger partial charge in [-0.2, -0.15) is 0 Å². The lowest BCUT2D eigenvalue weighted by Crippen LogP contribution is -2.28. The van der Waals surface area contributed by atoms with E-state index in [4.69, 9.17) is 4.42 Å². The quantitative estimate of drug-likeness (QED) is 0.631. The summed E-state index contributed by atoms with van der Waals surface area (Å²) in [7, 11) is 2.04. The van der Waals surface area contributed by atoms with Gasteiger partial charge in [-0.05, 0) is 61.6 Å². The van der Waals surface area contributed by atoms with E-state index in [1.807, 2.05) is 37.4 Å². The van der Waals surface area contributed by atoms with Gasteiger partial charge in [0.25, 0.3) is 5.91 Å². The molecule has 2 heterocycles. The Hall–Kier alpha value is -3.12. The van der Waals surface area contributed by atoms with Gasteiger partial charge in [0.05, 0.1) is 12.8 Å². The number of hydrogen-bond donors (Lipinski definition) is 2. The van der Waals surface area contributed by atoms with E-state index >= 15 is 0 Å². The number of carbonyl (C=O) groups excluding carboxylic acids is 1. The Kier molecular flexibility index (Phi) is 6.14. The van der Waals surface area contributed by atoms with Crippen LogP contribution in [0.4, 0.5) is 0 Å². The van der Waals surface area contributed by atoms with Crippen LogP contribution in [0.25, 0.3) is 0 Å². The summed E-state index contributed by atoms with van der Waals surface area (Å²) >= 11 is 0. The zero-order chi connectivity index (χ0) is 20.9. The molecule has 3 aromatic rings. The molecule has 6 nitrogen and oxygen atoms in total. The number of nitrogens with zero attached hydrogens (tertiary/aromatic N) is 1. The van der Waals surface area contributed by atoms with Crippen molar-refractivity contribution in [3.8, 4) is 0 Å². The summed E-state index contributed by atoms with van der Waals surface area (Å²) in [6.45, 7) is 1.88. The molecule has 1 aromatic carbocycles. The van der Waals surface area contributed by atoms with Gasteiger partial charge in [0.2, 0.25) is 5.56 Å². The summed E-state index contributed by atoms with van der Waals surface area (Å²) in [6, 6.07) is 13.4. The van der Waals surface area contributed by atoms with Crippen molar-refractivity contribution in [1.29, 1.82) is 0 Å². The first-order valence-electron chi connectivity index (χ1n) is 10.4. The van der Waals surface area contributed by atoms with Crippen molar-refractivity contribution >= 4 is 5.91 Å². The van der Waals surface area contributed by atoms with E-state index in [0.29, 0.717) is 18.7 Å². The zero-order valence-corrected chi connectivity index (χ0v) is 17.2. The highest BCUT2D eigenvalue weighted by molar-refractivity contribution is 5.95. The molecule has 30 heavy (non-hydrogen) atoms. The molecule has 0 unspecified atom stereocenters. The predicted octanol–water partition coefficient (Wildman–Crippen LogP) is 3.41. The van der Waals surface area contributed by atoms with Crippen molar-refractivity contribution in [3.05, 3.63) is 92.8 Å². The second-order valence-corrected chi connectivity index (χ2v) is 7.91. The largest absolute Gasteiger partial charge is 0.468 e. The van der Waals surface area contributed by atoms with E-state index in [9.17, 15) is 9.59 Å². The maximum absolute atomic E-state index is 12.9. The van der Waals surface area contributed by atoms with Gasteiger partial charge in [-0.15, -0.1) is 0 Å². The highest BCUT2D eigenvalue weighted by Gasteiger charge is 2.19. The number of benzene rings is 1. The lowest BCUT2D eigenvalue weighted by atomic mass is 9.92. The average Bonchev–Trinajstić information content (AvgIpc) is 3.25. The number of aromatic amines is 1. The summed E-state index contributed by atoms with van der Waals surface area (Å²) in [5.41, 5.74) is 4.43. The van der Waals surface area contributed by atoms with Crippen molar-refractivity contribution in [3.63, 3.8) is 0 Å². The Labute approximate surface area is 175 Å². The Morgan fingerprint density at radius 3 is 2.70 bits per heavy atom. The molecule has 2 N–H and O–H groups in total. The number of H-pyrrole nitrogens is 1. The molecular formula is C24H27N3O3. The number of pyridine rings is 1. The summed E-state index contributed by atoms with van der Waals surface area (Å²) < 4.78 is 5.43. The summed E-state index contributed by atoms with van der Waals surface area (Å²) in [5, 5.41) is 3.02. The number of carbonyl (C=O) groups is 1. The number of rotatable bonds is 7. The minimum atomic E-state index is -0.208. The monoisotopic (exact) mass is 405 g/mol. The molecule has 0 aliphatic heterocycles. The number of nitrogens with one attached hydrogen (secondary N) is 2. The topological polar surface area (TPSA) is 78.3 Å². The molecule has 0 spiro atoms. The van der Waals surface area contributed by atoms with Crippen molar-refractivity contribution < 1.29 is 9.21 Å². The normalized spacial score (nSPS) is 13.3. The average molecular weight is 405 g/mol. The minimum absolute atomic E-state index is 0.182. The Morgan fingerprint density at radius 1 is 1.10 bits per heavy atom. The highest BCUT2D eigenvalue weighted by atomic mass is 16.3. The SMILES string of the molecule is CN(Cc1ccco1)Cc1ccccc1CNC(=O)c1cc(=O)[nH]c2c1CCCC2. The van der Waals surface area contributed by atoms with Gasteiger partial charge in [0.1, 0.15) is 5.76 Å². The summed E-state index contributed by atoms with van der Waals surface area (Å²) in [5.74, 6) is 0.736. The molecule has 1 aliphatic carbocycles. The first kappa shape index (κ1) is 20.2. The van der Waals surface area contributed by atoms with Crippen molar-refractivity contribution in [2.24, 2.45) is 0 Å². The molecule has 4 rings (SSSR count). The fourth-order valence-electron chi connectivity index (χ4n) is 4.12. The van der Waals surface area contributed by atoms with Gasteiger partial charge < -0.3 is 14.7 Å². The van der Waals surface area contributed by atoms with Crippen LogP contribution < -0.4 is 10.9 Å². The molecule has 0 atom stereocenters. The first-order chi connectivity index (χ1) is 14.6. The predicted molar refractivity (Wildman–Crippen MR) is 115 cm³/mol. The maximum Gasteiger partial charge on any atom is 0.252 e. The molecule has 1 amide bonds. The van der Waals surface area contributed by atoms with E-state index in [0.717, 1.165) is 60.4 Å². The molecule has 0 fully saturated rings. The number of aromatic nitrogens is 1. The first-order valence-corrected chi connectivity index (χ1v) is 10.4. The molecule has 0 saturated carbocycles. The van der Waals surface area contributed by atoms with Crippen LogP contribution in [0, 0.1) is 0 Å². The van der Waals surface area contributed by atoms with Crippen LogP contribution in [-0.4, -0.2) is 22.8 Å². The van der Waals surface area contributed by atoms with Crippen molar-refractivity contribution in [2.75, 3.05) is 7.05 Å². The minimum Gasteiger partial charge on any atom is -0.468 e. The maximum atomic E-state index is 12.9. The molecule has 2 aromatic heterocycles. The molecule has 0 bridgehead atoms. The molecule has 0 radical (unpaired) electrons. The molecule has 1 aliphatic rings. The second-order valence-electron chi connectivity index (χ2n) is 7.91. The van der Waals surface area contributed by atoms with Gasteiger partial charge >= 0.3 is 0 Å². The van der Waals surface area contributed by atoms with E-state index < -0.39 is 0 Å². The van der Waals surface area contributed by atoms with E-state index in [-0.39, 0.29) is 11.5 Å². The van der Waals surface area contributed by atoms with Gasteiger partial charge in [-0.25, -0.2) is 0 Å². The highest BCUT2D eigenvalue weighted by Crippen LogP contribution is 2.21. The third kappa shape index (κ3) is 4.71. The Morgan fingerprint density at radius 2 is 1.90 bits per heavy atom. The van der Waals surface area contributed by atoms with Crippen LogP contribution in [0.1, 0.15) is 51.3 Å². The zero-order valence-electron chi connectivity index (χ0n) is 17.2. The molecular weight excluding hydrogens is 378 g/mol. The third-order valence-corrected chi connectivity index (χ3v) is 5.59. The summed E-state index contributed by atoms with van der Waals surface area (Å²) in [6.07, 6.45) is 5.44. The number of furan rings is 1. The lowest BCUT2D eigenvalue weighted by Gasteiger charge is -2.20. The van der Waals surface area contributed by atoms with Crippen LogP contribution in [0.15, 0.2) is 57.9 Å². The fraction of sp³-hybridized carbons (Fsp3) is 0.333. The van der Waals surface area contributed by atoms with E-state index in [2.05, 4.69) is 21.3 Å². The van der Waals surface area contributed by atoms with Gasteiger partial charge in [0, 0.05) is 30.4 Å². The Bertz CT molecular complexity index is 1070. The smallest absolute Gasteiger partial charge is 0.252 e. The molecule has 6 heteroatoms.